The molecular formula is C12H22ClN3. The van der Waals surface area contributed by atoms with Crippen molar-refractivity contribution in [3.8, 4) is 0 Å². The second kappa shape index (κ2) is 6.79. The summed E-state index contributed by atoms with van der Waals surface area (Å²) in [6.45, 7) is 4.37. The Balaban J connectivity index is 2.30. The van der Waals surface area contributed by atoms with E-state index in [2.05, 4.69) is 18.9 Å². The van der Waals surface area contributed by atoms with E-state index in [1.165, 1.54) is 32.1 Å². The summed E-state index contributed by atoms with van der Waals surface area (Å²) in [7, 11) is 0. The highest BCUT2D eigenvalue weighted by Gasteiger charge is 2.11. The molecule has 0 aliphatic carbocycles. The van der Waals surface area contributed by atoms with Crippen LogP contribution in [0.2, 0.25) is 5.02 Å². The molecule has 4 heteroatoms. The van der Waals surface area contributed by atoms with Crippen molar-refractivity contribution in [2.75, 3.05) is 5.73 Å². The minimum atomic E-state index is 0.342. The van der Waals surface area contributed by atoms with Crippen molar-refractivity contribution in [2.45, 2.75) is 58.4 Å². The van der Waals surface area contributed by atoms with Crippen molar-refractivity contribution in [1.29, 1.82) is 0 Å². The SMILES string of the molecule is CCCCCCCC(C)n1ncc(Cl)c1N. The molecular weight excluding hydrogens is 222 g/mol. The largest absolute Gasteiger partial charge is 0.383 e. The van der Waals surface area contributed by atoms with Gasteiger partial charge in [0, 0.05) is 0 Å². The van der Waals surface area contributed by atoms with Crippen LogP contribution in [0.15, 0.2) is 6.20 Å². The van der Waals surface area contributed by atoms with Crippen LogP contribution in [-0.2, 0) is 0 Å². The fourth-order valence-corrected chi connectivity index (χ4v) is 2.00. The minimum Gasteiger partial charge on any atom is -0.383 e. The molecule has 0 saturated carbocycles. The van der Waals surface area contributed by atoms with Gasteiger partial charge in [-0.05, 0) is 13.3 Å². The van der Waals surface area contributed by atoms with Gasteiger partial charge in [0.25, 0.3) is 0 Å². The normalized spacial score (nSPS) is 12.9. The van der Waals surface area contributed by atoms with E-state index in [4.69, 9.17) is 17.3 Å². The Morgan fingerprint density at radius 2 is 2.06 bits per heavy atom. The Bertz CT molecular complexity index is 309. The van der Waals surface area contributed by atoms with Crippen LogP contribution in [0, 0.1) is 0 Å². The third-order valence-electron chi connectivity index (χ3n) is 2.93. The van der Waals surface area contributed by atoms with Crippen LogP contribution in [0.1, 0.15) is 58.4 Å². The molecule has 0 amide bonds. The van der Waals surface area contributed by atoms with Crippen molar-refractivity contribution in [2.24, 2.45) is 0 Å². The molecule has 2 N–H and O–H groups in total. The molecule has 92 valence electrons. The maximum Gasteiger partial charge on any atom is 0.140 e. The van der Waals surface area contributed by atoms with Crippen molar-refractivity contribution in [3.63, 3.8) is 0 Å². The first kappa shape index (κ1) is 13.4. The summed E-state index contributed by atoms with van der Waals surface area (Å²) in [6, 6.07) is 0.342. The first-order valence-electron chi connectivity index (χ1n) is 6.15. The molecule has 1 unspecified atom stereocenters. The lowest BCUT2D eigenvalue weighted by molar-refractivity contribution is 0.439. The zero-order chi connectivity index (χ0) is 12.0. The van der Waals surface area contributed by atoms with Gasteiger partial charge in [0.05, 0.1) is 12.2 Å². The molecule has 1 rings (SSSR count). The molecule has 1 aromatic rings. The van der Waals surface area contributed by atoms with Crippen molar-refractivity contribution in [1.82, 2.24) is 9.78 Å². The van der Waals surface area contributed by atoms with E-state index in [-0.39, 0.29) is 0 Å². The number of hydrogen-bond donors (Lipinski definition) is 1. The van der Waals surface area contributed by atoms with Gasteiger partial charge < -0.3 is 5.73 Å². The summed E-state index contributed by atoms with van der Waals surface area (Å²) in [5, 5.41) is 4.74. The highest BCUT2D eigenvalue weighted by Crippen LogP contribution is 2.24. The number of anilines is 1. The lowest BCUT2D eigenvalue weighted by Gasteiger charge is -2.13. The van der Waals surface area contributed by atoms with Gasteiger partial charge in [0.2, 0.25) is 0 Å². The number of nitrogen functional groups attached to an aromatic ring is 1. The second-order valence-electron chi connectivity index (χ2n) is 4.37. The molecule has 1 aromatic heterocycles. The average Bonchev–Trinajstić information content (AvgIpc) is 2.59. The summed E-state index contributed by atoms with van der Waals surface area (Å²) in [5.41, 5.74) is 5.82. The molecule has 0 aliphatic heterocycles. The second-order valence-corrected chi connectivity index (χ2v) is 4.78. The van der Waals surface area contributed by atoms with Crippen molar-refractivity contribution >= 4 is 17.4 Å². The maximum atomic E-state index is 5.87. The van der Waals surface area contributed by atoms with E-state index in [1.54, 1.807) is 6.20 Å². The van der Waals surface area contributed by atoms with Crippen LogP contribution in [0.4, 0.5) is 5.82 Å². The lowest BCUT2D eigenvalue weighted by atomic mass is 10.1. The van der Waals surface area contributed by atoms with Crippen molar-refractivity contribution in [3.05, 3.63) is 11.2 Å². The average molecular weight is 244 g/mol. The summed E-state index contributed by atoms with van der Waals surface area (Å²) in [4.78, 5) is 0. The van der Waals surface area contributed by atoms with Crippen LogP contribution in [-0.4, -0.2) is 9.78 Å². The number of rotatable bonds is 7. The molecule has 16 heavy (non-hydrogen) atoms. The van der Waals surface area contributed by atoms with Crippen LogP contribution in [0.5, 0.6) is 0 Å². The fraction of sp³-hybridized carbons (Fsp3) is 0.750. The predicted octanol–water partition coefficient (Wildman–Crippen LogP) is 4.04. The summed E-state index contributed by atoms with van der Waals surface area (Å²) < 4.78 is 1.82. The van der Waals surface area contributed by atoms with E-state index in [0.717, 1.165) is 6.42 Å². The quantitative estimate of drug-likeness (QED) is 0.735. The Morgan fingerprint density at radius 3 is 2.62 bits per heavy atom. The molecule has 0 fully saturated rings. The van der Waals surface area contributed by atoms with Gasteiger partial charge in [0.1, 0.15) is 10.8 Å². The minimum absolute atomic E-state index is 0.342. The van der Waals surface area contributed by atoms with E-state index < -0.39 is 0 Å². The first-order chi connectivity index (χ1) is 7.66. The molecule has 0 aliphatic rings. The molecule has 1 atom stereocenters. The highest BCUT2D eigenvalue weighted by atomic mass is 35.5. The number of hydrogen-bond acceptors (Lipinski definition) is 2. The van der Waals surface area contributed by atoms with Crippen LogP contribution in [0.3, 0.4) is 0 Å². The highest BCUT2D eigenvalue weighted by molar-refractivity contribution is 6.32. The molecule has 0 bridgehead atoms. The van der Waals surface area contributed by atoms with Crippen molar-refractivity contribution < 1.29 is 0 Å². The van der Waals surface area contributed by atoms with E-state index in [1.807, 2.05) is 4.68 Å². The van der Waals surface area contributed by atoms with Crippen LogP contribution in [0.25, 0.3) is 0 Å². The Labute approximate surface area is 103 Å². The van der Waals surface area contributed by atoms with E-state index in [9.17, 15) is 0 Å². The monoisotopic (exact) mass is 243 g/mol. The smallest absolute Gasteiger partial charge is 0.140 e. The maximum absolute atomic E-state index is 5.87. The van der Waals surface area contributed by atoms with E-state index in [0.29, 0.717) is 16.9 Å². The van der Waals surface area contributed by atoms with Gasteiger partial charge in [-0.15, -0.1) is 0 Å². The molecule has 1 heterocycles. The van der Waals surface area contributed by atoms with Gasteiger partial charge in [-0.2, -0.15) is 5.10 Å². The predicted molar refractivity (Wildman–Crippen MR) is 69.7 cm³/mol. The number of unbranched alkanes of at least 4 members (excludes halogenated alkanes) is 4. The molecule has 3 nitrogen and oxygen atoms in total. The zero-order valence-corrected chi connectivity index (χ0v) is 11.0. The van der Waals surface area contributed by atoms with Gasteiger partial charge in [-0.3, -0.25) is 0 Å². The van der Waals surface area contributed by atoms with Crippen LogP contribution >= 0.6 is 11.6 Å². The number of aromatic nitrogens is 2. The molecule has 0 aromatic carbocycles. The zero-order valence-electron chi connectivity index (χ0n) is 10.2. The Morgan fingerprint density at radius 1 is 1.38 bits per heavy atom. The fourth-order valence-electron chi connectivity index (χ4n) is 1.87. The third kappa shape index (κ3) is 3.71. The summed E-state index contributed by atoms with van der Waals surface area (Å²) in [6.07, 6.45) is 9.22. The van der Waals surface area contributed by atoms with Gasteiger partial charge in [-0.1, -0.05) is 50.6 Å². The summed E-state index contributed by atoms with van der Waals surface area (Å²) in [5.74, 6) is 0.586. The van der Waals surface area contributed by atoms with Crippen LogP contribution < -0.4 is 5.73 Å². The van der Waals surface area contributed by atoms with E-state index >= 15 is 0 Å². The molecule has 0 saturated heterocycles. The van der Waals surface area contributed by atoms with Gasteiger partial charge >= 0.3 is 0 Å². The molecule has 0 spiro atoms. The first-order valence-corrected chi connectivity index (χ1v) is 6.53. The molecule has 0 radical (unpaired) electrons. The topological polar surface area (TPSA) is 43.8 Å². The van der Waals surface area contributed by atoms with Gasteiger partial charge in [-0.25, -0.2) is 4.68 Å². The lowest BCUT2D eigenvalue weighted by Crippen LogP contribution is -2.10. The number of nitrogens with two attached hydrogens (primary N) is 1. The Kier molecular flexibility index (Phi) is 5.67. The summed E-state index contributed by atoms with van der Waals surface area (Å²) >= 11 is 5.87. The third-order valence-corrected chi connectivity index (χ3v) is 3.22. The Hall–Kier alpha value is -0.700. The van der Waals surface area contributed by atoms with Gasteiger partial charge in [0.15, 0.2) is 0 Å². The standard InChI is InChI=1S/C12H22ClN3/c1-3-4-5-6-7-8-10(2)16-12(14)11(13)9-15-16/h9-10H,3-8,14H2,1-2H3. The number of nitrogens with zero attached hydrogens (tertiary/aromatic N) is 2. The number of halogens is 1.